The van der Waals surface area contributed by atoms with Gasteiger partial charge in [-0.25, -0.2) is 0 Å². The molecule has 1 aliphatic heterocycles. The van der Waals surface area contributed by atoms with Gasteiger partial charge >= 0.3 is 0 Å². The summed E-state index contributed by atoms with van der Waals surface area (Å²) in [5.41, 5.74) is 1.30. The third-order valence-electron chi connectivity index (χ3n) is 3.41. The van der Waals surface area contributed by atoms with E-state index in [0.29, 0.717) is 22.8 Å². The van der Waals surface area contributed by atoms with Crippen LogP contribution in [-0.4, -0.2) is 26.6 Å². The van der Waals surface area contributed by atoms with Gasteiger partial charge in [-0.2, -0.15) is 0 Å². The number of aldehydes is 1. The van der Waals surface area contributed by atoms with Crippen LogP contribution in [-0.2, 0) is 0 Å². The van der Waals surface area contributed by atoms with Crippen molar-refractivity contribution in [3.05, 3.63) is 23.3 Å². The molecule has 4 nitrogen and oxygen atoms in total. The first-order valence-corrected chi connectivity index (χ1v) is 6.84. The molecule has 0 aromatic heterocycles. The monoisotopic (exact) mass is 276 g/mol. The summed E-state index contributed by atoms with van der Waals surface area (Å²) in [5, 5.41) is 0. The molecular weight excluding hydrogens is 256 g/mol. The summed E-state index contributed by atoms with van der Waals surface area (Å²) in [4.78, 5) is 11.2. The predicted octanol–water partition coefficient (Wildman–Crippen LogP) is 3.48. The molecular formula is C16H20O4. The Morgan fingerprint density at radius 1 is 1.35 bits per heavy atom. The van der Waals surface area contributed by atoms with Crippen LogP contribution in [0.3, 0.4) is 0 Å². The van der Waals surface area contributed by atoms with Gasteiger partial charge in [0, 0.05) is 11.1 Å². The molecule has 0 bridgehead atoms. The Kier molecular flexibility index (Phi) is 4.66. The van der Waals surface area contributed by atoms with E-state index in [1.54, 1.807) is 20.3 Å². The van der Waals surface area contributed by atoms with Crippen LogP contribution in [0.5, 0.6) is 17.2 Å². The topological polar surface area (TPSA) is 44.8 Å². The van der Waals surface area contributed by atoms with Crippen LogP contribution >= 0.6 is 0 Å². The fourth-order valence-corrected chi connectivity index (χ4v) is 2.34. The van der Waals surface area contributed by atoms with E-state index in [4.69, 9.17) is 14.2 Å². The summed E-state index contributed by atoms with van der Waals surface area (Å²) < 4.78 is 16.7. The number of methoxy groups -OCH3 is 2. The summed E-state index contributed by atoms with van der Waals surface area (Å²) in [5.74, 6) is 1.65. The Hall–Kier alpha value is -1.97. The minimum Gasteiger partial charge on any atom is -0.493 e. The average molecular weight is 276 g/mol. The van der Waals surface area contributed by atoms with Gasteiger partial charge in [0.2, 0.25) is 5.75 Å². The lowest BCUT2D eigenvalue weighted by Gasteiger charge is -2.25. The van der Waals surface area contributed by atoms with Crippen molar-refractivity contribution >= 4 is 12.4 Å². The standard InChI is InChI=1S/C16H20O4/c1-4-5-6-12-7-8-13-11(10-17)9-14(18-2)16(19-3)15(13)20-12/h7-10,12H,4-6H2,1-3H3. The Labute approximate surface area is 119 Å². The predicted molar refractivity (Wildman–Crippen MR) is 77.9 cm³/mol. The van der Waals surface area contributed by atoms with Crippen molar-refractivity contribution in [3.8, 4) is 17.2 Å². The van der Waals surface area contributed by atoms with Crippen molar-refractivity contribution < 1.29 is 19.0 Å². The Morgan fingerprint density at radius 3 is 2.75 bits per heavy atom. The second kappa shape index (κ2) is 6.46. The molecule has 0 spiro atoms. The molecule has 1 atom stereocenters. The SMILES string of the molecule is CCCCC1C=Cc2c(C=O)cc(OC)c(OC)c2O1. The number of unbranched alkanes of at least 4 members (excludes halogenated alkanes) is 1. The molecule has 0 aliphatic carbocycles. The molecule has 2 rings (SSSR count). The number of hydrogen-bond donors (Lipinski definition) is 0. The largest absolute Gasteiger partial charge is 0.493 e. The second-order valence-electron chi connectivity index (χ2n) is 4.72. The Morgan fingerprint density at radius 2 is 2.15 bits per heavy atom. The van der Waals surface area contributed by atoms with Crippen LogP contribution in [0.15, 0.2) is 12.1 Å². The highest BCUT2D eigenvalue weighted by molar-refractivity contribution is 5.87. The zero-order valence-electron chi connectivity index (χ0n) is 12.1. The van der Waals surface area contributed by atoms with Crippen LogP contribution in [0.2, 0.25) is 0 Å². The number of ether oxygens (including phenoxy) is 3. The summed E-state index contributed by atoms with van der Waals surface area (Å²) >= 11 is 0. The first-order valence-electron chi connectivity index (χ1n) is 6.84. The quantitative estimate of drug-likeness (QED) is 0.746. The van der Waals surface area contributed by atoms with Crippen LogP contribution in [0.25, 0.3) is 6.08 Å². The van der Waals surface area contributed by atoms with Crippen molar-refractivity contribution in [2.45, 2.75) is 32.3 Å². The van der Waals surface area contributed by atoms with Gasteiger partial charge in [0.25, 0.3) is 0 Å². The fourth-order valence-electron chi connectivity index (χ4n) is 2.34. The van der Waals surface area contributed by atoms with Gasteiger partial charge in [0.15, 0.2) is 17.8 Å². The highest BCUT2D eigenvalue weighted by atomic mass is 16.5. The molecule has 1 heterocycles. The number of carbonyl (C=O) groups excluding carboxylic acids is 1. The molecule has 0 saturated carbocycles. The molecule has 0 radical (unpaired) electrons. The molecule has 1 aromatic rings. The summed E-state index contributed by atoms with van der Waals surface area (Å²) in [7, 11) is 3.12. The average Bonchev–Trinajstić information content (AvgIpc) is 2.50. The van der Waals surface area contributed by atoms with Gasteiger partial charge in [0.05, 0.1) is 14.2 Å². The maximum absolute atomic E-state index is 11.2. The zero-order chi connectivity index (χ0) is 14.5. The molecule has 20 heavy (non-hydrogen) atoms. The van der Waals surface area contributed by atoms with E-state index >= 15 is 0 Å². The van der Waals surface area contributed by atoms with E-state index < -0.39 is 0 Å². The minimum atomic E-state index is 0.0166. The lowest BCUT2D eigenvalue weighted by atomic mass is 10.0. The number of hydrogen-bond acceptors (Lipinski definition) is 4. The fraction of sp³-hybridized carbons (Fsp3) is 0.438. The first kappa shape index (κ1) is 14.4. The highest BCUT2D eigenvalue weighted by Gasteiger charge is 2.24. The van der Waals surface area contributed by atoms with Gasteiger partial charge < -0.3 is 14.2 Å². The van der Waals surface area contributed by atoms with Crippen LogP contribution in [0.1, 0.15) is 42.1 Å². The number of rotatable bonds is 6. The van der Waals surface area contributed by atoms with Gasteiger partial charge in [-0.05, 0) is 25.0 Å². The smallest absolute Gasteiger partial charge is 0.203 e. The van der Waals surface area contributed by atoms with Crippen molar-refractivity contribution in [2.24, 2.45) is 0 Å². The van der Waals surface area contributed by atoms with Gasteiger partial charge in [-0.1, -0.05) is 19.4 Å². The van der Waals surface area contributed by atoms with E-state index in [2.05, 4.69) is 6.92 Å². The maximum Gasteiger partial charge on any atom is 0.203 e. The number of benzene rings is 1. The Balaban J connectivity index is 2.44. The molecule has 1 unspecified atom stereocenters. The number of fused-ring (bicyclic) bond motifs is 1. The lowest BCUT2D eigenvalue weighted by Crippen LogP contribution is -2.18. The van der Waals surface area contributed by atoms with Crippen molar-refractivity contribution in [1.29, 1.82) is 0 Å². The van der Waals surface area contributed by atoms with E-state index in [0.717, 1.165) is 31.1 Å². The van der Waals surface area contributed by atoms with Crippen LogP contribution in [0.4, 0.5) is 0 Å². The molecule has 0 fully saturated rings. The molecule has 1 aliphatic rings. The molecule has 108 valence electrons. The number of carbonyl (C=O) groups is 1. The first-order chi connectivity index (χ1) is 9.74. The van der Waals surface area contributed by atoms with Crippen molar-refractivity contribution in [2.75, 3.05) is 14.2 Å². The maximum atomic E-state index is 11.2. The van der Waals surface area contributed by atoms with Crippen LogP contribution < -0.4 is 14.2 Å². The Bertz CT molecular complexity index is 520. The van der Waals surface area contributed by atoms with E-state index in [1.807, 2.05) is 12.2 Å². The normalized spacial score (nSPS) is 16.2. The molecule has 4 heteroatoms. The van der Waals surface area contributed by atoms with Gasteiger partial charge in [-0.15, -0.1) is 0 Å². The van der Waals surface area contributed by atoms with Gasteiger partial charge in [-0.3, -0.25) is 4.79 Å². The van der Waals surface area contributed by atoms with Crippen molar-refractivity contribution in [1.82, 2.24) is 0 Å². The summed E-state index contributed by atoms with van der Waals surface area (Å²) in [6.07, 6.45) is 7.92. The molecule has 0 amide bonds. The van der Waals surface area contributed by atoms with E-state index in [-0.39, 0.29) is 6.10 Å². The third kappa shape index (κ3) is 2.64. The lowest BCUT2D eigenvalue weighted by molar-refractivity contribution is 0.112. The van der Waals surface area contributed by atoms with Gasteiger partial charge in [0.1, 0.15) is 6.10 Å². The second-order valence-corrected chi connectivity index (χ2v) is 4.72. The van der Waals surface area contributed by atoms with Crippen molar-refractivity contribution in [3.63, 3.8) is 0 Å². The minimum absolute atomic E-state index is 0.0166. The molecule has 0 saturated heterocycles. The zero-order valence-corrected chi connectivity index (χ0v) is 12.1. The van der Waals surface area contributed by atoms with E-state index in [9.17, 15) is 4.79 Å². The summed E-state index contributed by atoms with van der Waals surface area (Å²) in [6.45, 7) is 2.15. The van der Waals surface area contributed by atoms with Crippen LogP contribution in [0, 0.1) is 0 Å². The summed E-state index contributed by atoms with van der Waals surface area (Å²) in [6, 6.07) is 1.67. The molecule has 1 aromatic carbocycles. The third-order valence-corrected chi connectivity index (χ3v) is 3.41. The molecule has 0 N–H and O–H groups in total. The highest BCUT2D eigenvalue weighted by Crippen LogP contribution is 2.44. The van der Waals surface area contributed by atoms with E-state index in [1.165, 1.54) is 0 Å².